The molecule has 0 bridgehead atoms. The van der Waals surface area contributed by atoms with Crippen molar-refractivity contribution in [3.8, 4) is 0 Å². The van der Waals surface area contributed by atoms with Crippen LogP contribution in [0.1, 0.15) is 28.3 Å². The van der Waals surface area contributed by atoms with Crippen LogP contribution in [-0.2, 0) is 19.7 Å². The van der Waals surface area contributed by atoms with Gasteiger partial charge in [-0.3, -0.25) is 4.79 Å². The molecule has 190 valence electrons. The predicted octanol–water partition coefficient (Wildman–Crippen LogP) is 6.38. The van der Waals surface area contributed by atoms with Gasteiger partial charge in [0.1, 0.15) is 0 Å². The lowest BCUT2D eigenvalue weighted by atomic mass is 9.92. The normalized spacial score (nSPS) is 13.1. The summed E-state index contributed by atoms with van der Waals surface area (Å²) in [5, 5.41) is 0. The highest BCUT2D eigenvalue weighted by Gasteiger charge is 2.63. The van der Waals surface area contributed by atoms with Crippen molar-refractivity contribution in [2.75, 3.05) is 0 Å². The zero-order valence-electron chi connectivity index (χ0n) is 19.4. The van der Waals surface area contributed by atoms with Gasteiger partial charge in [-0.2, -0.15) is 0 Å². The summed E-state index contributed by atoms with van der Waals surface area (Å²) in [5.41, 5.74) is 0.259. The maximum absolute atomic E-state index is 17.7. The van der Waals surface area contributed by atoms with Gasteiger partial charge in [-0.05, 0) is 42.0 Å². The summed E-state index contributed by atoms with van der Waals surface area (Å²) in [5.74, 6) is -2.48. The molecule has 1 atom stereocenters. The molecule has 0 unspecified atom stereocenters. The highest BCUT2D eigenvalue weighted by atomic mass is 79.9. The first-order chi connectivity index (χ1) is 17.6. The monoisotopic (exact) mass is 600 g/mol. The summed E-state index contributed by atoms with van der Waals surface area (Å²) in [4.78, 5) is 12.3. The Hall–Kier alpha value is -3.14. The van der Waals surface area contributed by atoms with Gasteiger partial charge in [0.15, 0.2) is 5.78 Å². The minimum Gasteiger partial charge on any atom is -0.294 e. The van der Waals surface area contributed by atoms with Gasteiger partial charge in [0, 0.05) is 16.5 Å². The third-order valence-electron chi connectivity index (χ3n) is 6.01. The standard InChI is InChI=1S/C28H22BrFO5S2/c29-23-18-16-22(17-19-23)27(31)20-26(21-10-4-1-5-11-21)28(30,36(32,33)24-12-6-2-7-13-24)37(34,35)25-14-8-3-9-15-25/h1-19,26H,20H2/t26-/m0/s1. The number of alkyl halides is 1. The predicted molar refractivity (Wildman–Crippen MR) is 143 cm³/mol. The van der Waals surface area contributed by atoms with Crippen LogP contribution in [-0.4, -0.2) is 27.0 Å². The van der Waals surface area contributed by atoms with E-state index in [0.717, 1.165) is 24.3 Å². The van der Waals surface area contributed by atoms with Crippen molar-refractivity contribution in [3.63, 3.8) is 0 Å². The Bertz CT molecular complexity index is 1520. The zero-order valence-corrected chi connectivity index (χ0v) is 22.6. The van der Waals surface area contributed by atoms with E-state index in [4.69, 9.17) is 0 Å². The molecule has 0 aliphatic carbocycles. The lowest BCUT2D eigenvalue weighted by Crippen LogP contribution is -2.48. The Morgan fingerprint density at radius 1 is 0.676 bits per heavy atom. The van der Waals surface area contributed by atoms with E-state index < -0.39 is 51.9 Å². The zero-order chi connectivity index (χ0) is 26.7. The quantitative estimate of drug-likeness (QED) is 0.208. The molecule has 4 aromatic rings. The maximum Gasteiger partial charge on any atom is 0.324 e. The number of hydrogen-bond donors (Lipinski definition) is 0. The second kappa shape index (κ2) is 10.7. The molecule has 9 heteroatoms. The van der Waals surface area contributed by atoms with Crippen LogP contribution in [0.25, 0.3) is 0 Å². The molecule has 0 saturated carbocycles. The first kappa shape index (κ1) is 26.9. The molecular formula is C28H22BrFO5S2. The van der Waals surface area contributed by atoms with Gasteiger partial charge in [0.05, 0.1) is 15.7 Å². The highest BCUT2D eigenvalue weighted by molar-refractivity contribution is 9.10. The molecule has 0 amide bonds. The second-order valence-corrected chi connectivity index (χ2v) is 13.6. The molecule has 37 heavy (non-hydrogen) atoms. The van der Waals surface area contributed by atoms with Gasteiger partial charge in [-0.1, -0.05) is 94.8 Å². The van der Waals surface area contributed by atoms with Crippen molar-refractivity contribution in [2.45, 2.75) is 26.5 Å². The fraction of sp³-hybridized carbons (Fsp3) is 0.107. The lowest BCUT2D eigenvalue weighted by Gasteiger charge is -2.33. The van der Waals surface area contributed by atoms with Crippen molar-refractivity contribution in [2.24, 2.45) is 0 Å². The molecule has 0 radical (unpaired) electrons. The Kier molecular flexibility index (Phi) is 7.77. The molecule has 0 saturated heterocycles. The third-order valence-corrected chi connectivity index (χ3v) is 11.7. The number of ketones is 1. The van der Waals surface area contributed by atoms with Crippen molar-refractivity contribution >= 4 is 41.4 Å². The number of Topliss-reactive ketones (excluding diaryl/α,β-unsaturated/α-hetero) is 1. The average molecular weight is 602 g/mol. The largest absolute Gasteiger partial charge is 0.324 e. The molecular weight excluding hydrogens is 579 g/mol. The minimum atomic E-state index is -5.20. The van der Waals surface area contributed by atoms with Crippen LogP contribution in [0.3, 0.4) is 0 Å². The van der Waals surface area contributed by atoms with E-state index in [9.17, 15) is 21.6 Å². The first-order valence-electron chi connectivity index (χ1n) is 11.2. The fourth-order valence-corrected chi connectivity index (χ4v) is 8.96. The van der Waals surface area contributed by atoms with Gasteiger partial charge < -0.3 is 0 Å². The van der Waals surface area contributed by atoms with E-state index in [2.05, 4.69) is 15.9 Å². The van der Waals surface area contributed by atoms with Crippen molar-refractivity contribution in [1.82, 2.24) is 0 Å². The lowest BCUT2D eigenvalue weighted by molar-refractivity contribution is 0.0960. The van der Waals surface area contributed by atoms with Gasteiger partial charge in [0.2, 0.25) is 19.7 Å². The van der Waals surface area contributed by atoms with Crippen LogP contribution in [0.5, 0.6) is 0 Å². The number of rotatable bonds is 9. The Balaban J connectivity index is 2.00. The number of benzene rings is 4. The number of sulfone groups is 2. The summed E-state index contributed by atoms with van der Waals surface area (Å²) < 4.78 is 70.4. The summed E-state index contributed by atoms with van der Waals surface area (Å²) in [7, 11) is -10.4. The van der Waals surface area contributed by atoms with Gasteiger partial charge in [-0.25, -0.2) is 21.2 Å². The minimum absolute atomic E-state index is 0.0643. The third kappa shape index (κ3) is 5.03. The van der Waals surface area contributed by atoms with E-state index in [0.29, 0.717) is 4.47 Å². The van der Waals surface area contributed by atoms with Crippen molar-refractivity contribution < 1.29 is 26.0 Å². The summed E-state index contributed by atoms with van der Waals surface area (Å²) >= 11 is 3.29. The van der Waals surface area contributed by atoms with Gasteiger partial charge >= 0.3 is 4.33 Å². The van der Waals surface area contributed by atoms with E-state index in [1.54, 1.807) is 18.2 Å². The van der Waals surface area contributed by atoms with Crippen LogP contribution >= 0.6 is 15.9 Å². The number of hydrogen-bond acceptors (Lipinski definition) is 5. The van der Waals surface area contributed by atoms with Crippen molar-refractivity contribution in [1.29, 1.82) is 0 Å². The topological polar surface area (TPSA) is 85.3 Å². The molecule has 0 spiro atoms. The van der Waals surface area contributed by atoms with Crippen LogP contribution < -0.4 is 0 Å². The second-order valence-electron chi connectivity index (χ2n) is 8.31. The molecule has 4 rings (SSSR count). The van der Waals surface area contributed by atoms with Crippen LogP contribution in [0.2, 0.25) is 0 Å². The first-order valence-corrected chi connectivity index (χ1v) is 15.0. The number of carbonyl (C=O) groups is 1. The van der Waals surface area contributed by atoms with E-state index in [1.807, 2.05) is 0 Å². The van der Waals surface area contributed by atoms with Crippen LogP contribution in [0.15, 0.2) is 130 Å². The summed E-state index contributed by atoms with van der Waals surface area (Å²) in [6, 6.07) is 27.0. The average Bonchev–Trinajstić information content (AvgIpc) is 2.92. The molecule has 0 aliphatic heterocycles. The molecule has 0 heterocycles. The highest BCUT2D eigenvalue weighted by Crippen LogP contribution is 2.49. The summed E-state index contributed by atoms with van der Waals surface area (Å²) in [6.45, 7) is 0. The van der Waals surface area contributed by atoms with E-state index in [1.165, 1.54) is 72.8 Å². The molecule has 0 N–H and O–H groups in total. The molecule has 0 aromatic heterocycles. The fourth-order valence-electron chi connectivity index (χ4n) is 4.10. The Labute approximate surface area is 224 Å². The van der Waals surface area contributed by atoms with E-state index in [-0.39, 0.29) is 11.1 Å². The summed E-state index contributed by atoms with van der Waals surface area (Å²) in [6.07, 6.45) is -0.708. The molecule has 5 nitrogen and oxygen atoms in total. The van der Waals surface area contributed by atoms with Crippen LogP contribution in [0, 0.1) is 0 Å². The van der Waals surface area contributed by atoms with Gasteiger partial charge in [0.25, 0.3) is 0 Å². The smallest absolute Gasteiger partial charge is 0.294 e. The molecule has 4 aromatic carbocycles. The number of halogens is 2. The van der Waals surface area contributed by atoms with Crippen molar-refractivity contribution in [3.05, 3.63) is 131 Å². The van der Waals surface area contributed by atoms with E-state index >= 15 is 4.39 Å². The Morgan fingerprint density at radius 2 is 1.08 bits per heavy atom. The SMILES string of the molecule is O=C(C[C@@H](c1ccccc1)C(F)(S(=O)(=O)c1ccccc1)S(=O)(=O)c1ccccc1)c1ccc(Br)cc1. The van der Waals surface area contributed by atoms with Gasteiger partial charge in [-0.15, -0.1) is 0 Å². The molecule has 0 fully saturated rings. The maximum atomic E-state index is 17.7. The molecule has 0 aliphatic rings. The Morgan fingerprint density at radius 3 is 1.51 bits per heavy atom. The van der Waals surface area contributed by atoms with Crippen LogP contribution in [0.4, 0.5) is 4.39 Å². The number of carbonyl (C=O) groups excluding carboxylic acids is 1.